The molecule has 0 aliphatic carbocycles. The summed E-state index contributed by atoms with van der Waals surface area (Å²) >= 11 is 2.88. The molecule has 1 nitrogen and oxygen atoms in total. The molecule has 0 unspecified atom stereocenters. The summed E-state index contributed by atoms with van der Waals surface area (Å²) in [4.78, 5) is 0. The van der Waals surface area contributed by atoms with Gasteiger partial charge in [-0.15, -0.1) is 0 Å². The monoisotopic (exact) mass is 332 g/mol. The molecule has 0 aliphatic heterocycles. The van der Waals surface area contributed by atoms with Crippen LogP contribution in [0.2, 0.25) is 0 Å². The summed E-state index contributed by atoms with van der Waals surface area (Å²) in [6.45, 7) is -0.597. The topological polar surface area (TPSA) is 9.23 Å². The molecule has 0 aliphatic rings. The molecule has 0 spiro atoms. The van der Waals surface area contributed by atoms with Crippen LogP contribution in [0, 0.1) is 11.6 Å². The number of alkyl halides is 3. The zero-order valence-corrected chi connectivity index (χ0v) is 10.7. The summed E-state index contributed by atoms with van der Waals surface area (Å²) in [6, 6.07) is 2.26. The van der Waals surface area contributed by atoms with Crippen molar-refractivity contribution in [2.45, 2.75) is 25.6 Å². The van der Waals surface area contributed by atoms with E-state index in [1.54, 1.807) is 0 Å². The number of halogens is 6. The van der Waals surface area contributed by atoms with Crippen molar-refractivity contribution in [1.29, 1.82) is 0 Å². The first-order valence-corrected chi connectivity index (χ1v) is 5.87. The lowest BCUT2D eigenvalue weighted by molar-refractivity contribution is -0.138. The van der Waals surface area contributed by atoms with E-state index in [1.807, 2.05) is 0 Å². The third-order valence-electron chi connectivity index (χ3n) is 2.13. The predicted molar refractivity (Wildman–Crippen MR) is 59.0 cm³/mol. The number of ether oxygens (including phenoxy) is 1. The van der Waals surface area contributed by atoms with Crippen LogP contribution in [0.4, 0.5) is 22.0 Å². The highest BCUT2D eigenvalue weighted by Gasteiger charge is 2.26. The highest BCUT2D eigenvalue weighted by Crippen LogP contribution is 2.23. The van der Waals surface area contributed by atoms with Gasteiger partial charge in [0.2, 0.25) is 0 Å². The van der Waals surface area contributed by atoms with E-state index in [2.05, 4.69) is 15.9 Å². The van der Waals surface area contributed by atoms with Crippen LogP contribution in [-0.2, 0) is 11.3 Å². The third-order valence-corrected chi connectivity index (χ3v) is 2.75. The van der Waals surface area contributed by atoms with E-state index in [9.17, 15) is 22.0 Å². The van der Waals surface area contributed by atoms with Crippen LogP contribution in [0.3, 0.4) is 0 Å². The smallest absolute Gasteiger partial charge is 0.377 e. The van der Waals surface area contributed by atoms with E-state index < -0.39 is 30.8 Å². The normalized spacial score (nSPS) is 11.9. The van der Waals surface area contributed by atoms with E-state index in [4.69, 9.17) is 4.74 Å². The highest BCUT2D eigenvalue weighted by molar-refractivity contribution is 9.10. The minimum atomic E-state index is -4.24. The van der Waals surface area contributed by atoms with Crippen molar-refractivity contribution in [1.82, 2.24) is 0 Å². The van der Waals surface area contributed by atoms with Crippen molar-refractivity contribution < 1.29 is 26.7 Å². The number of hydrogen-bond acceptors (Lipinski definition) is 1. The van der Waals surface area contributed by atoms with Gasteiger partial charge in [-0.3, -0.25) is 0 Å². The van der Waals surface area contributed by atoms with Crippen LogP contribution < -0.4 is 0 Å². The van der Waals surface area contributed by atoms with Gasteiger partial charge < -0.3 is 4.74 Å². The quantitative estimate of drug-likeness (QED) is 0.435. The minimum Gasteiger partial charge on any atom is -0.377 e. The highest BCUT2D eigenvalue weighted by atomic mass is 79.9. The van der Waals surface area contributed by atoms with Gasteiger partial charge in [-0.2, -0.15) is 13.2 Å². The van der Waals surface area contributed by atoms with Crippen LogP contribution in [0.5, 0.6) is 0 Å². The second-order valence-electron chi connectivity index (χ2n) is 3.59. The molecule has 0 radical (unpaired) electrons. The molecular weight excluding hydrogens is 323 g/mol. The molecule has 0 atom stereocenters. The van der Waals surface area contributed by atoms with Gasteiger partial charge in [0.15, 0.2) is 0 Å². The fraction of sp³-hybridized carbons (Fsp3) is 0.455. The van der Waals surface area contributed by atoms with Gasteiger partial charge in [0, 0.05) is 13.0 Å². The Morgan fingerprint density at radius 2 is 1.83 bits per heavy atom. The standard InChI is InChI=1S/C11H10BrF5O/c12-8-2-3-9(13)7(10(8)14)6-18-5-1-4-11(15,16)17/h2-3H,1,4-6H2. The van der Waals surface area contributed by atoms with Crippen LogP contribution in [-0.4, -0.2) is 12.8 Å². The summed E-state index contributed by atoms with van der Waals surface area (Å²) in [7, 11) is 0. The largest absolute Gasteiger partial charge is 0.389 e. The van der Waals surface area contributed by atoms with Gasteiger partial charge in [-0.25, -0.2) is 8.78 Å². The lowest BCUT2D eigenvalue weighted by Gasteiger charge is -2.09. The predicted octanol–water partition coefficient (Wildman–Crippen LogP) is 4.59. The number of hydrogen-bond donors (Lipinski definition) is 0. The second-order valence-corrected chi connectivity index (χ2v) is 4.45. The Hall–Kier alpha value is -0.690. The number of benzene rings is 1. The molecule has 0 aromatic heterocycles. The molecule has 7 heteroatoms. The van der Waals surface area contributed by atoms with Gasteiger partial charge in [-0.1, -0.05) is 0 Å². The van der Waals surface area contributed by atoms with Crippen molar-refractivity contribution in [2.24, 2.45) is 0 Å². The maximum absolute atomic E-state index is 13.4. The molecule has 0 saturated heterocycles. The van der Waals surface area contributed by atoms with E-state index in [1.165, 1.54) is 6.07 Å². The Balaban J connectivity index is 2.43. The lowest BCUT2D eigenvalue weighted by Crippen LogP contribution is -2.09. The summed E-state index contributed by atoms with van der Waals surface area (Å²) in [5.41, 5.74) is -0.295. The van der Waals surface area contributed by atoms with E-state index in [0.717, 1.165) is 6.07 Å². The average Bonchev–Trinajstić information content (AvgIpc) is 2.26. The molecule has 0 fully saturated rings. The molecule has 102 valence electrons. The zero-order valence-electron chi connectivity index (χ0n) is 9.16. The van der Waals surface area contributed by atoms with E-state index in [-0.39, 0.29) is 23.1 Å². The van der Waals surface area contributed by atoms with Crippen molar-refractivity contribution in [2.75, 3.05) is 6.61 Å². The Labute approximate surface area is 109 Å². The molecule has 0 heterocycles. The SMILES string of the molecule is Fc1ccc(Br)c(F)c1COCCCC(F)(F)F. The second kappa shape index (κ2) is 6.47. The Bertz CT molecular complexity index is 405. The van der Waals surface area contributed by atoms with Crippen LogP contribution in [0.1, 0.15) is 18.4 Å². The fourth-order valence-electron chi connectivity index (χ4n) is 1.25. The molecule has 1 aromatic rings. The van der Waals surface area contributed by atoms with E-state index in [0.29, 0.717) is 0 Å². The average molecular weight is 333 g/mol. The Morgan fingerprint density at radius 3 is 2.44 bits per heavy atom. The Morgan fingerprint density at radius 1 is 1.17 bits per heavy atom. The van der Waals surface area contributed by atoms with Gasteiger partial charge in [0.25, 0.3) is 0 Å². The van der Waals surface area contributed by atoms with Crippen LogP contribution >= 0.6 is 15.9 Å². The number of rotatable bonds is 5. The van der Waals surface area contributed by atoms with Gasteiger partial charge in [0.1, 0.15) is 11.6 Å². The van der Waals surface area contributed by atoms with Gasteiger partial charge in [0.05, 0.1) is 16.6 Å². The molecule has 1 aromatic carbocycles. The molecular formula is C11H10BrF5O. The third kappa shape index (κ3) is 4.89. The van der Waals surface area contributed by atoms with Crippen LogP contribution in [0.15, 0.2) is 16.6 Å². The summed E-state index contributed by atoms with van der Waals surface area (Å²) < 4.78 is 67.0. The fourth-order valence-corrected chi connectivity index (χ4v) is 1.62. The summed E-state index contributed by atoms with van der Waals surface area (Å²) in [6.07, 6.45) is -5.45. The van der Waals surface area contributed by atoms with Crippen molar-refractivity contribution in [3.8, 4) is 0 Å². The Kier molecular flexibility index (Phi) is 5.52. The van der Waals surface area contributed by atoms with Gasteiger partial charge in [-0.05, 0) is 34.5 Å². The van der Waals surface area contributed by atoms with Gasteiger partial charge >= 0.3 is 6.18 Å². The zero-order chi connectivity index (χ0) is 13.8. The molecule has 1 rings (SSSR count). The van der Waals surface area contributed by atoms with Crippen LogP contribution in [0.25, 0.3) is 0 Å². The maximum atomic E-state index is 13.4. The van der Waals surface area contributed by atoms with Crippen molar-refractivity contribution in [3.05, 3.63) is 33.8 Å². The van der Waals surface area contributed by atoms with Crippen molar-refractivity contribution >= 4 is 15.9 Å². The van der Waals surface area contributed by atoms with Crippen molar-refractivity contribution in [3.63, 3.8) is 0 Å². The first-order valence-electron chi connectivity index (χ1n) is 5.08. The first kappa shape index (κ1) is 15.4. The molecule has 0 saturated carbocycles. The molecule has 0 amide bonds. The molecule has 0 bridgehead atoms. The molecule has 18 heavy (non-hydrogen) atoms. The lowest BCUT2D eigenvalue weighted by atomic mass is 10.2. The summed E-state index contributed by atoms with van der Waals surface area (Å²) in [5, 5.41) is 0. The maximum Gasteiger partial charge on any atom is 0.389 e. The van der Waals surface area contributed by atoms with E-state index >= 15 is 0 Å². The first-order chi connectivity index (χ1) is 8.31. The molecule has 0 N–H and O–H groups in total. The summed E-state index contributed by atoms with van der Waals surface area (Å²) in [5.74, 6) is -1.59. The minimum absolute atomic E-state index is 0.0813.